The maximum atomic E-state index is 10.6. The van der Waals surface area contributed by atoms with Crippen molar-refractivity contribution < 1.29 is 14.8 Å². The lowest BCUT2D eigenvalue weighted by Crippen LogP contribution is -2.40. The van der Waals surface area contributed by atoms with E-state index < -0.39 is 11.0 Å². The molecule has 6 nitrogen and oxygen atoms in total. The van der Waals surface area contributed by atoms with E-state index in [0.717, 1.165) is 0 Å². The summed E-state index contributed by atoms with van der Waals surface area (Å²) in [5.41, 5.74) is 0.0323. The number of nitrogens with zero attached hydrogens (tertiary/aromatic N) is 2. The van der Waals surface area contributed by atoms with Gasteiger partial charge in [0.1, 0.15) is 18.5 Å². The minimum Gasteiger partial charge on any atom is -0.491 e. The Morgan fingerprint density at radius 1 is 1.32 bits per heavy atom. The smallest absolute Gasteiger partial charge is 0.269 e. The number of ether oxygens (including phenoxy) is 1. The van der Waals surface area contributed by atoms with Crippen LogP contribution in [0.4, 0.5) is 5.69 Å². The highest BCUT2D eigenvalue weighted by Gasteiger charge is 2.20. The van der Waals surface area contributed by atoms with Crippen LogP contribution in [0.3, 0.4) is 0 Å². The normalized spacial score (nSPS) is 17.4. The zero-order valence-electron chi connectivity index (χ0n) is 13.0. The van der Waals surface area contributed by atoms with Gasteiger partial charge in [0, 0.05) is 24.7 Å². The van der Waals surface area contributed by atoms with Crippen LogP contribution in [-0.2, 0) is 0 Å². The van der Waals surface area contributed by atoms with Crippen LogP contribution in [-0.4, -0.2) is 47.3 Å². The van der Waals surface area contributed by atoms with Crippen LogP contribution < -0.4 is 4.74 Å². The van der Waals surface area contributed by atoms with Crippen molar-refractivity contribution in [2.75, 3.05) is 20.2 Å². The molecule has 6 heteroatoms. The average Bonchev–Trinajstić information content (AvgIpc) is 2.54. The second kappa shape index (κ2) is 8.10. The predicted octanol–water partition coefficient (Wildman–Crippen LogP) is 2.60. The quantitative estimate of drug-likeness (QED) is 0.619. The van der Waals surface area contributed by atoms with Gasteiger partial charge in [0.15, 0.2) is 0 Å². The van der Waals surface area contributed by atoms with E-state index in [0.29, 0.717) is 18.3 Å². The molecule has 1 N–H and O–H groups in total. The summed E-state index contributed by atoms with van der Waals surface area (Å²) in [5, 5.41) is 20.6. The first kappa shape index (κ1) is 16.7. The summed E-state index contributed by atoms with van der Waals surface area (Å²) in [7, 11) is 2.05. The Kier molecular flexibility index (Phi) is 6.15. The van der Waals surface area contributed by atoms with Crippen LogP contribution in [0.2, 0.25) is 0 Å². The first-order valence-electron chi connectivity index (χ1n) is 7.82. The van der Waals surface area contributed by atoms with Crippen molar-refractivity contribution >= 4 is 5.69 Å². The number of rotatable bonds is 7. The number of aliphatic hydroxyl groups excluding tert-OH is 1. The van der Waals surface area contributed by atoms with Crippen LogP contribution in [0.1, 0.15) is 32.1 Å². The number of hydrogen-bond donors (Lipinski definition) is 1. The Hall–Kier alpha value is -1.66. The van der Waals surface area contributed by atoms with Gasteiger partial charge in [-0.15, -0.1) is 0 Å². The van der Waals surface area contributed by atoms with Crippen molar-refractivity contribution in [3.05, 3.63) is 34.4 Å². The Morgan fingerprint density at radius 3 is 2.55 bits per heavy atom. The van der Waals surface area contributed by atoms with Crippen LogP contribution in [0, 0.1) is 10.1 Å². The molecule has 0 bridgehead atoms. The molecule has 0 aliphatic heterocycles. The molecule has 1 aliphatic rings. The molecule has 0 unspecified atom stereocenters. The first-order chi connectivity index (χ1) is 10.6. The minimum atomic E-state index is -0.567. The molecule has 0 heterocycles. The number of non-ortho nitro benzene ring substituents is 1. The zero-order chi connectivity index (χ0) is 15.9. The van der Waals surface area contributed by atoms with Crippen LogP contribution in [0.5, 0.6) is 5.75 Å². The van der Waals surface area contributed by atoms with E-state index in [2.05, 4.69) is 4.90 Å². The van der Waals surface area contributed by atoms with Gasteiger partial charge < -0.3 is 14.7 Å². The van der Waals surface area contributed by atoms with Gasteiger partial charge in [-0.3, -0.25) is 10.1 Å². The molecule has 1 aliphatic carbocycles. The number of hydrogen-bond acceptors (Lipinski definition) is 5. The summed E-state index contributed by atoms with van der Waals surface area (Å²) in [6.07, 6.45) is 5.69. The van der Waals surface area contributed by atoms with Crippen molar-refractivity contribution in [2.24, 2.45) is 0 Å². The van der Waals surface area contributed by atoms with E-state index in [-0.39, 0.29) is 12.3 Å². The SMILES string of the molecule is CN(C[C@@H](O)COc1ccc([N+](=O)[O-])cc1)C1CCCCC1. The summed E-state index contributed by atoms with van der Waals surface area (Å²) in [6.45, 7) is 0.770. The molecule has 1 aromatic rings. The van der Waals surface area contributed by atoms with Gasteiger partial charge in [-0.2, -0.15) is 0 Å². The van der Waals surface area contributed by atoms with E-state index in [9.17, 15) is 15.2 Å². The standard InChI is InChI=1S/C16H24N2O4/c1-17(13-5-3-2-4-6-13)11-15(19)12-22-16-9-7-14(8-10-16)18(20)21/h7-10,13,15,19H,2-6,11-12H2,1H3/t15-/m1/s1. The molecule has 0 saturated heterocycles. The highest BCUT2D eigenvalue weighted by Crippen LogP contribution is 2.22. The van der Waals surface area contributed by atoms with Crippen molar-refractivity contribution in [3.63, 3.8) is 0 Å². The van der Waals surface area contributed by atoms with Gasteiger partial charge in [-0.1, -0.05) is 19.3 Å². The Labute approximate surface area is 130 Å². The average molecular weight is 308 g/mol. The van der Waals surface area contributed by atoms with Gasteiger partial charge in [-0.05, 0) is 32.0 Å². The van der Waals surface area contributed by atoms with Crippen molar-refractivity contribution in [3.8, 4) is 5.75 Å². The summed E-state index contributed by atoms with van der Waals surface area (Å²) in [6, 6.07) is 6.46. The van der Waals surface area contributed by atoms with E-state index in [1.807, 2.05) is 7.05 Å². The predicted molar refractivity (Wildman–Crippen MR) is 84.1 cm³/mol. The van der Waals surface area contributed by atoms with Gasteiger partial charge >= 0.3 is 0 Å². The van der Waals surface area contributed by atoms with E-state index in [1.165, 1.54) is 44.2 Å². The fourth-order valence-electron chi connectivity index (χ4n) is 2.91. The molecule has 1 saturated carbocycles. The van der Waals surface area contributed by atoms with Gasteiger partial charge in [0.2, 0.25) is 0 Å². The summed E-state index contributed by atoms with van der Waals surface area (Å²) < 4.78 is 5.49. The van der Waals surface area contributed by atoms with E-state index >= 15 is 0 Å². The van der Waals surface area contributed by atoms with Crippen LogP contribution in [0.25, 0.3) is 0 Å². The molecule has 1 aromatic carbocycles. The monoisotopic (exact) mass is 308 g/mol. The largest absolute Gasteiger partial charge is 0.491 e. The minimum absolute atomic E-state index is 0.0323. The highest BCUT2D eigenvalue weighted by molar-refractivity contribution is 5.35. The second-order valence-corrected chi connectivity index (χ2v) is 5.95. The van der Waals surface area contributed by atoms with E-state index in [4.69, 9.17) is 4.74 Å². The van der Waals surface area contributed by atoms with Crippen LogP contribution >= 0.6 is 0 Å². The second-order valence-electron chi connectivity index (χ2n) is 5.95. The molecule has 0 amide bonds. The number of benzene rings is 1. The van der Waals surface area contributed by atoms with Crippen LogP contribution in [0.15, 0.2) is 24.3 Å². The topological polar surface area (TPSA) is 75.8 Å². The van der Waals surface area contributed by atoms with E-state index in [1.54, 1.807) is 12.1 Å². The summed E-state index contributed by atoms with van der Waals surface area (Å²) in [5.74, 6) is 0.532. The lowest BCUT2D eigenvalue weighted by molar-refractivity contribution is -0.384. The van der Waals surface area contributed by atoms with Gasteiger partial charge in [-0.25, -0.2) is 0 Å². The first-order valence-corrected chi connectivity index (χ1v) is 7.82. The lowest BCUT2D eigenvalue weighted by Gasteiger charge is -2.32. The highest BCUT2D eigenvalue weighted by atomic mass is 16.6. The number of aliphatic hydroxyl groups is 1. The maximum Gasteiger partial charge on any atom is 0.269 e. The summed E-state index contributed by atoms with van der Waals surface area (Å²) in [4.78, 5) is 12.3. The van der Waals surface area contributed by atoms with Crippen molar-refractivity contribution in [1.82, 2.24) is 4.90 Å². The lowest BCUT2D eigenvalue weighted by atomic mass is 9.94. The molecular formula is C16H24N2O4. The number of likely N-dealkylation sites (N-methyl/N-ethyl adjacent to an activating group) is 1. The molecular weight excluding hydrogens is 284 g/mol. The molecule has 0 radical (unpaired) electrons. The van der Waals surface area contributed by atoms with Gasteiger partial charge in [0.25, 0.3) is 5.69 Å². The fraction of sp³-hybridized carbons (Fsp3) is 0.625. The fourth-order valence-corrected chi connectivity index (χ4v) is 2.91. The number of nitro groups is 1. The molecule has 1 fully saturated rings. The molecule has 0 spiro atoms. The number of nitro benzene ring substituents is 1. The zero-order valence-corrected chi connectivity index (χ0v) is 13.0. The molecule has 0 aromatic heterocycles. The Morgan fingerprint density at radius 2 is 1.95 bits per heavy atom. The maximum absolute atomic E-state index is 10.6. The molecule has 2 rings (SSSR count). The third-order valence-corrected chi connectivity index (χ3v) is 4.19. The third kappa shape index (κ3) is 4.96. The van der Waals surface area contributed by atoms with Crippen molar-refractivity contribution in [1.29, 1.82) is 0 Å². The third-order valence-electron chi connectivity index (χ3n) is 4.19. The molecule has 22 heavy (non-hydrogen) atoms. The molecule has 122 valence electrons. The molecule has 1 atom stereocenters. The Bertz CT molecular complexity index is 472. The van der Waals surface area contributed by atoms with Crippen molar-refractivity contribution in [2.45, 2.75) is 44.2 Å². The Balaban J connectivity index is 1.74. The van der Waals surface area contributed by atoms with Gasteiger partial charge in [0.05, 0.1) is 4.92 Å². The summed E-state index contributed by atoms with van der Waals surface area (Å²) >= 11 is 0.